The lowest BCUT2D eigenvalue weighted by Gasteiger charge is -1.95. The van der Waals surface area contributed by atoms with E-state index in [4.69, 9.17) is 9.59 Å². The van der Waals surface area contributed by atoms with E-state index in [1.807, 2.05) is 0 Å². The molecule has 0 aromatic rings. The maximum Gasteiger partial charge on any atom is 0.362 e. The third-order valence-electron chi connectivity index (χ3n) is 1.34. The van der Waals surface area contributed by atoms with Crippen LogP contribution in [0.1, 0.15) is 0 Å². The zero-order valence-corrected chi connectivity index (χ0v) is 5.46. The molecule has 0 atom stereocenters. The Kier molecular flexibility index (Phi) is 1.38. The second kappa shape index (κ2) is 2.06. The van der Waals surface area contributed by atoms with Crippen molar-refractivity contribution in [2.45, 2.75) is 0 Å². The van der Waals surface area contributed by atoms with Crippen molar-refractivity contribution < 1.29 is 9.59 Å². The van der Waals surface area contributed by atoms with Gasteiger partial charge in [0.25, 0.3) is 0 Å². The lowest BCUT2D eigenvalue weighted by molar-refractivity contribution is 0.666. The molecule has 10 heavy (non-hydrogen) atoms. The minimum absolute atomic E-state index is 0.00935. The van der Waals surface area contributed by atoms with Gasteiger partial charge < -0.3 is 0 Å². The molecule has 0 fully saturated rings. The summed E-state index contributed by atoms with van der Waals surface area (Å²) in [6, 6.07) is 0. The van der Waals surface area contributed by atoms with Gasteiger partial charge in [0.05, 0.1) is 5.57 Å². The molecule has 0 radical (unpaired) electrons. The van der Waals surface area contributed by atoms with Crippen molar-refractivity contribution in [1.29, 1.82) is 0 Å². The average molecular weight is 136 g/mol. The van der Waals surface area contributed by atoms with E-state index in [-0.39, 0.29) is 17.1 Å². The zero-order chi connectivity index (χ0) is 7.72. The second-order valence-corrected chi connectivity index (χ2v) is 2.07. The van der Waals surface area contributed by atoms with Crippen LogP contribution in [0.3, 0.4) is 0 Å². The maximum atomic E-state index is 9.10. The van der Waals surface area contributed by atoms with Gasteiger partial charge in [-0.05, 0) is 6.08 Å². The highest BCUT2D eigenvalue weighted by molar-refractivity contribution is 6.32. The van der Waals surface area contributed by atoms with Crippen molar-refractivity contribution in [2.24, 2.45) is 0 Å². The number of allylic oxidation sites excluding steroid dienone is 4. The Morgan fingerprint density at radius 3 is 2.20 bits per heavy atom. The van der Waals surface area contributed by atoms with Gasteiger partial charge in [-0.3, -0.25) is 9.59 Å². The molecule has 0 amide bonds. The molecule has 0 aliphatic heterocycles. The van der Waals surface area contributed by atoms with Crippen LogP contribution < -0.4 is 0 Å². The van der Waals surface area contributed by atoms with Crippen LogP contribution in [0.5, 0.6) is 0 Å². The topological polar surface area (TPSA) is 42.8 Å². The Balaban J connectivity index is 3.13. The van der Waals surface area contributed by atoms with Crippen LogP contribution in [-0.2, 0) is 0 Å². The molecule has 2 nitrogen and oxygen atoms in total. The summed E-state index contributed by atoms with van der Waals surface area (Å²) >= 11 is 0. The molecule has 1 aliphatic rings. The number of hydrogen-bond donors (Lipinski definition) is 0. The monoisotopic (exact) mass is 136 g/mol. The molecule has 2 heteroatoms. The Labute approximate surface area is 58.5 Å². The second-order valence-electron chi connectivity index (χ2n) is 2.07. The van der Waals surface area contributed by atoms with Gasteiger partial charge in [-0.25, -0.2) is 0 Å². The Hall–Kier alpha value is -1.44. The van der Waals surface area contributed by atoms with Crippen molar-refractivity contribution in [3.8, 4) is 0 Å². The molecule has 0 aromatic heterocycles. The highest BCUT2D eigenvalue weighted by atomic mass is 16.1. The number of ketones is 2. The van der Waals surface area contributed by atoms with Crippen molar-refractivity contribution in [2.75, 3.05) is 0 Å². The Bertz CT molecular complexity index is 241. The fraction of sp³-hybridized carbons (Fsp3) is 0. The first-order valence-corrected chi connectivity index (χ1v) is 2.82. The lowest BCUT2D eigenvalue weighted by atomic mass is 9.97. The molecule has 2 N–H and O–H groups in total. The maximum absolute atomic E-state index is 9.10. The first-order valence-electron chi connectivity index (χ1n) is 2.82. The van der Waals surface area contributed by atoms with E-state index in [2.05, 4.69) is 13.2 Å². The third kappa shape index (κ3) is 0.838. The van der Waals surface area contributed by atoms with Crippen molar-refractivity contribution >= 4 is 11.6 Å². The van der Waals surface area contributed by atoms with E-state index in [1.54, 1.807) is 0 Å². The highest BCUT2D eigenvalue weighted by Gasteiger charge is 2.29. The predicted molar refractivity (Wildman–Crippen MR) is 41.3 cm³/mol. The molecule has 0 unspecified atom stereocenters. The van der Waals surface area contributed by atoms with E-state index in [1.165, 1.54) is 12.2 Å². The van der Waals surface area contributed by atoms with Gasteiger partial charge in [-0.15, -0.1) is 0 Å². The molecule has 0 spiro atoms. The van der Waals surface area contributed by atoms with Crippen LogP contribution in [0.4, 0.5) is 0 Å². The number of hydrogen-bond acceptors (Lipinski definition) is 0. The summed E-state index contributed by atoms with van der Waals surface area (Å²) in [5.74, 6) is -0.0510. The van der Waals surface area contributed by atoms with Gasteiger partial charge in [0.15, 0.2) is 5.57 Å². The summed E-state index contributed by atoms with van der Waals surface area (Å²) in [7, 11) is 0. The summed E-state index contributed by atoms with van der Waals surface area (Å²) in [5.41, 5.74) is 0.704. The van der Waals surface area contributed by atoms with Crippen molar-refractivity contribution in [3.63, 3.8) is 0 Å². The molecule has 0 saturated heterocycles. The van der Waals surface area contributed by atoms with Crippen molar-refractivity contribution in [1.82, 2.24) is 0 Å². The van der Waals surface area contributed by atoms with Gasteiger partial charge in [0, 0.05) is 6.08 Å². The minimum Gasteiger partial charge on any atom is -0.273 e. The summed E-state index contributed by atoms with van der Waals surface area (Å²) in [5, 5.41) is 0. The average Bonchev–Trinajstić information content (AvgIpc) is 1.93. The molecule has 0 bridgehead atoms. The Morgan fingerprint density at radius 2 is 1.70 bits per heavy atom. The third-order valence-corrected chi connectivity index (χ3v) is 1.34. The first kappa shape index (κ1) is 6.68. The fourth-order valence-corrected chi connectivity index (χ4v) is 0.674. The molecule has 0 heterocycles. The van der Waals surface area contributed by atoms with E-state index < -0.39 is 0 Å². The fourth-order valence-electron chi connectivity index (χ4n) is 0.674. The van der Waals surface area contributed by atoms with E-state index >= 15 is 0 Å². The zero-order valence-electron chi connectivity index (χ0n) is 5.46. The molecular weight excluding hydrogens is 128 g/mol. The normalized spacial score (nSPS) is 18.4. The molecule has 50 valence electrons. The van der Waals surface area contributed by atoms with Crippen LogP contribution in [-0.4, -0.2) is 21.2 Å². The van der Waals surface area contributed by atoms with Gasteiger partial charge in [-0.2, -0.15) is 0 Å². The Morgan fingerprint density at radius 1 is 1.10 bits per heavy atom. The van der Waals surface area contributed by atoms with Gasteiger partial charge in [-0.1, -0.05) is 13.2 Å². The lowest BCUT2D eigenvalue weighted by Crippen LogP contribution is -2.15. The van der Waals surface area contributed by atoms with Crippen LogP contribution in [0.2, 0.25) is 0 Å². The van der Waals surface area contributed by atoms with E-state index in [0.717, 1.165) is 0 Å². The molecule has 1 aliphatic carbocycles. The van der Waals surface area contributed by atoms with Crippen LogP contribution in [0, 0.1) is 0 Å². The highest BCUT2D eigenvalue weighted by Crippen LogP contribution is 2.10. The van der Waals surface area contributed by atoms with Gasteiger partial charge in [0.1, 0.15) is 0 Å². The number of carbonyl (C=O) groups excluding carboxylic acids is 2. The van der Waals surface area contributed by atoms with Gasteiger partial charge in [0.2, 0.25) is 0 Å². The number of rotatable bonds is 0. The molecule has 0 aromatic carbocycles. The molecule has 0 saturated carbocycles. The first-order chi connectivity index (χ1) is 4.63. The summed E-state index contributed by atoms with van der Waals surface area (Å²) in [6.45, 7) is 6.96. The minimum atomic E-state index is -0.0417. The van der Waals surface area contributed by atoms with Crippen LogP contribution in [0.25, 0.3) is 0 Å². The summed E-state index contributed by atoms with van der Waals surface area (Å²) < 4.78 is 0. The molecule has 1 rings (SSSR count). The molecular formula is C8H8O2+2. The predicted octanol–water partition coefficient (Wildman–Crippen LogP) is 0.758. The van der Waals surface area contributed by atoms with Crippen LogP contribution in [0.15, 0.2) is 36.5 Å². The quantitative estimate of drug-likeness (QED) is 0.268. The van der Waals surface area contributed by atoms with Crippen LogP contribution >= 0.6 is 0 Å². The van der Waals surface area contributed by atoms with E-state index in [9.17, 15) is 0 Å². The SMILES string of the molecule is C=C1C=CC(=[OH+])C(=C)C1=[OH+]. The van der Waals surface area contributed by atoms with E-state index in [0.29, 0.717) is 5.57 Å². The standard InChI is InChI=1S/C8H6O2/c1-5-3-4-7(9)6(2)8(5)10/h3-4H,1-2H2/p+2. The summed E-state index contributed by atoms with van der Waals surface area (Å²) in [4.78, 5) is 18.1. The van der Waals surface area contributed by atoms with Gasteiger partial charge >= 0.3 is 11.6 Å². The summed E-state index contributed by atoms with van der Waals surface area (Å²) in [6.07, 6.45) is 2.98. The largest absolute Gasteiger partial charge is 0.362 e. The van der Waals surface area contributed by atoms with Crippen molar-refractivity contribution in [3.05, 3.63) is 36.5 Å². The smallest absolute Gasteiger partial charge is 0.273 e.